The van der Waals surface area contributed by atoms with Crippen molar-refractivity contribution in [1.29, 1.82) is 0 Å². The van der Waals surface area contributed by atoms with Gasteiger partial charge in [-0.25, -0.2) is 4.98 Å². The molecule has 0 saturated heterocycles. The topological polar surface area (TPSA) is 37.8 Å². The zero-order chi connectivity index (χ0) is 13.8. The lowest BCUT2D eigenvalue weighted by Gasteiger charge is -2.17. The third-order valence-electron chi connectivity index (χ3n) is 3.02. The van der Waals surface area contributed by atoms with Gasteiger partial charge in [-0.15, -0.1) is 11.3 Å². The van der Waals surface area contributed by atoms with E-state index in [2.05, 4.69) is 52.0 Å². The largest absolute Gasteiger partial charge is 0.309 e. The Balaban J connectivity index is 2.23. The molecular weight excluding hydrogens is 322 g/mol. The van der Waals surface area contributed by atoms with Gasteiger partial charge in [-0.2, -0.15) is 0 Å². The van der Waals surface area contributed by atoms with Crippen LogP contribution >= 0.6 is 27.3 Å². The number of aryl methyl sites for hydroxylation is 2. The van der Waals surface area contributed by atoms with Crippen molar-refractivity contribution in [2.45, 2.75) is 33.2 Å². The monoisotopic (exact) mass is 339 g/mol. The van der Waals surface area contributed by atoms with Crippen LogP contribution in [0.25, 0.3) is 0 Å². The Morgan fingerprint density at radius 1 is 1.42 bits per heavy atom. The zero-order valence-electron chi connectivity index (χ0n) is 11.4. The van der Waals surface area contributed by atoms with Gasteiger partial charge in [0.15, 0.2) is 0 Å². The summed E-state index contributed by atoms with van der Waals surface area (Å²) >= 11 is 5.36. The number of nitrogens with one attached hydrogen (secondary N) is 1. The molecule has 0 aliphatic rings. The van der Waals surface area contributed by atoms with Gasteiger partial charge in [0.05, 0.1) is 22.4 Å². The van der Waals surface area contributed by atoms with Gasteiger partial charge in [-0.05, 0) is 48.5 Å². The number of pyridine rings is 1. The molecule has 0 aliphatic heterocycles. The first-order chi connectivity index (χ1) is 9.11. The highest BCUT2D eigenvalue weighted by molar-refractivity contribution is 9.10. The fourth-order valence-corrected chi connectivity index (χ4v) is 3.48. The van der Waals surface area contributed by atoms with Crippen LogP contribution in [-0.4, -0.2) is 16.5 Å². The molecule has 0 radical (unpaired) electrons. The molecule has 1 N–H and O–H groups in total. The number of hydrogen-bond donors (Lipinski definition) is 1. The van der Waals surface area contributed by atoms with E-state index in [1.807, 2.05) is 18.3 Å². The maximum absolute atomic E-state index is 4.62. The first kappa shape index (κ1) is 14.6. The van der Waals surface area contributed by atoms with Gasteiger partial charge in [0.25, 0.3) is 0 Å². The number of hydrogen-bond acceptors (Lipinski definition) is 4. The molecule has 0 amide bonds. The van der Waals surface area contributed by atoms with Crippen LogP contribution in [0.5, 0.6) is 0 Å². The summed E-state index contributed by atoms with van der Waals surface area (Å²) < 4.78 is 1.05. The smallest absolute Gasteiger partial charge is 0.0950 e. The summed E-state index contributed by atoms with van der Waals surface area (Å²) in [6.07, 6.45) is 2.71. The van der Waals surface area contributed by atoms with E-state index in [1.165, 1.54) is 9.88 Å². The van der Waals surface area contributed by atoms with Crippen LogP contribution in [-0.2, 0) is 6.42 Å². The van der Waals surface area contributed by atoms with Gasteiger partial charge < -0.3 is 5.32 Å². The van der Waals surface area contributed by atoms with Crippen LogP contribution in [0.3, 0.4) is 0 Å². The molecule has 2 aromatic rings. The molecule has 2 aromatic heterocycles. The lowest BCUT2D eigenvalue weighted by Crippen LogP contribution is -2.24. The molecule has 0 bridgehead atoms. The first-order valence-electron chi connectivity index (χ1n) is 6.38. The number of halogens is 1. The second kappa shape index (κ2) is 6.59. The lowest BCUT2D eigenvalue weighted by atomic mass is 10.1. The molecule has 19 heavy (non-hydrogen) atoms. The summed E-state index contributed by atoms with van der Waals surface area (Å²) in [5.74, 6) is 0. The highest BCUT2D eigenvalue weighted by Gasteiger charge is 2.17. The second-order valence-corrected chi connectivity index (χ2v) is 6.58. The van der Waals surface area contributed by atoms with Crippen LogP contribution in [0, 0.1) is 13.8 Å². The predicted octanol–water partition coefficient (Wildman–Crippen LogP) is 3.81. The molecule has 102 valence electrons. The molecule has 2 heterocycles. The minimum absolute atomic E-state index is 0.200. The van der Waals surface area contributed by atoms with Crippen LogP contribution in [0.1, 0.15) is 34.2 Å². The number of thiazole rings is 1. The third-order valence-corrected chi connectivity index (χ3v) is 4.78. The third kappa shape index (κ3) is 3.61. The Morgan fingerprint density at radius 2 is 2.21 bits per heavy atom. The Bertz CT molecular complexity index is 534. The molecule has 0 aliphatic carbocycles. The van der Waals surface area contributed by atoms with Crippen LogP contribution in [0.15, 0.2) is 22.8 Å². The summed E-state index contributed by atoms with van der Waals surface area (Å²) in [7, 11) is 0. The van der Waals surface area contributed by atoms with Gasteiger partial charge >= 0.3 is 0 Å². The van der Waals surface area contributed by atoms with Crippen molar-refractivity contribution < 1.29 is 0 Å². The summed E-state index contributed by atoms with van der Waals surface area (Å²) in [6, 6.07) is 4.17. The summed E-state index contributed by atoms with van der Waals surface area (Å²) in [6.45, 7) is 7.21. The van der Waals surface area contributed by atoms with E-state index in [0.717, 1.165) is 28.8 Å². The Morgan fingerprint density at radius 3 is 2.79 bits per heavy atom. The van der Waals surface area contributed by atoms with Crippen molar-refractivity contribution >= 4 is 27.3 Å². The van der Waals surface area contributed by atoms with Gasteiger partial charge in [-0.3, -0.25) is 4.98 Å². The van der Waals surface area contributed by atoms with Crippen molar-refractivity contribution in [3.05, 3.63) is 44.1 Å². The van der Waals surface area contributed by atoms with Crippen molar-refractivity contribution in [2.75, 3.05) is 6.54 Å². The molecule has 0 spiro atoms. The van der Waals surface area contributed by atoms with Crippen LogP contribution in [0.4, 0.5) is 0 Å². The highest BCUT2D eigenvalue weighted by atomic mass is 79.9. The van der Waals surface area contributed by atoms with E-state index in [-0.39, 0.29) is 6.04 Å². The fraction of sp³-hybridized carbons (Fsp3) is 0.429. The molecule has 1 unspecified atom stereocenters. The van der Waals surface area contributed by atoms with Crippen molar-refractivity contribution in [3.63, 3.8) is 0 Å². The molecule has 2 rings (SSSR count). The number of rotatable bonds is 5. The summed E-state index contributed by atoms with van der Waals surface area (Å²) in [4.78, 5) is 10.4. The lowest BCUT2D eigenvalue weighted by molar-refractivity contribution is 0.533. The normalized spacial score (nSPS) is 12.6. The van der Waals surface area contributed by atoms with E-state index in [0.29, 0.717) is 0 Å². The van der Waals surface area contributed by atoms with Crippen molar-refractivity contribution in [2.24, 2.45) is 0 Å². The highest BCUT2D eigenvalue weighted by Crippen LogP contribution is 2.26. The Hall–Kier alpha value is -0.780. The molecule has 3 nitrogen and oxygen atoms in total. The minimum Gasteiger partial charge on any atom is -0.309 e. The molecule has 1 atom stereocenters. The van der Waals surface area contributed by atoms with Crippen LogP contribution in [0.2, 0.25) is 0 Å². The quantitative estimate of drug-likeness (QED) is 0.899. The molecular formula is C14H18BrN3S. The number of likely N-dealkylation sites (N-methyl/N-ethyl adjacent to an activating group) is 1. The van der Waals surface area contributed by atoms with E-state index < -0.39 is 0 Å². The van der Waals surface area contributed by atoms with Crippen LogP contribution < -0.4 is 5.32 Å². The van der Waals surface area contributed by atoms with E-state index in [4.69, 9.17) is 0 Å². The molecule has 0 fully saturated rings. The number of nitrogens with zero attached hydrogens (tertiary/aromatic N) is 2. The Kier molecular flexibility index (Phi) is 5.07. The standard InChI is InChI=1S/C14H18BrN3S/c1-4-16-12(14-11(15)6-5-7-17-14)8-13-18-9(2)10(3)19-13/h5-7,12,16H,4,8H2,1-3H3. The number of aromatic nitrogens is 2. The fourth-order valence-electron chi connectivity index (χ4n) is 1.97. The van der Waals surface area contributed by atoms with Crippen molar-refractivity contribution in [1.82, 2.24) is 15.3 Å². The average Bonchev–Trinajstić information content (AvgIpc) is 2.68. The SMILES string of the molecule is CCNC(Cc1nc(C)c(C)s1)c1ncccc1Br. The molecule has 5 heteroatoms. The van der Waals surface area contributed by atoms with Gasteiger partial charge in [0, 0.05) is 22.0 Å². The Labute approximate surface area is 126 Å². The molecule has 0 aromatic carbocycles. The maximum Gasteiger partial charge on any atom is 0.0950 e. The van der Waals surface area contributed by atoms with Gasteiger partial charge in [0.2, 0.25) is 0 Å². The summed E-state index contributed by atoms with van der Waals surface area (Å²) in [5.41, 5.74) is 2.19. The van der Waals surface area contributed by atoms with Crippen molar-refractivity contribution in [3.8, 4) is 0 Å². The predicted molar refractivity (Wildman–Crippen MR) is 83.6 cm³/mol. The zero-order valence-corrected chi connectivity index (χ0v) is 13.8. The first-order valence-corrected chi connectivity index (χ1v) is 7.99. The maximum atomic E-state index is 4.62. The van der Waals surface area contributed by atoms with Gasteiger partial charge in [-0.1, -0.05) is 6.92 Å². The second-order valence-electron chi connectivity index (χ2n) is 4.43. The molecule has 0 saturated carbocycles. The van der Waals surface area contributed by atoms with E-state index >= 15 is 0 Å². The summed E-state index contributed by atoms with van der Waals surface area (Å²) in [5, 5.41) is 4.66. The van der Waals surface area contributed by atoms with E-state index in [1.54, 1.807) is 11.3 Å². The van der Waals surface area contributed by atoms with E-state index in [9.17, 15) is 0 Å². The minimum atomic E-state index is 0.200. The average molecular weight is 340 g/mol. The van der Waals surface area contributed by atoms with Gasteiger partial charge in [0.1, 0.15) is 0 Å².